The van der Waals surface area contributed by atoms with E-state index < -0.39 is 17.7 Å². The average Bonchev–Trinajstić information content (AvgIpc) is 2.73. The number of esters is 1. The highest BCUT2D eigenvalue weighted by atomic mass is 32.1. The number of ether oxygens (including phenoxy) is 2. The van der Waals surface area contributed by atoms with Gasteiger partial charge in [-0.15, -0.1) is 0 Å². The molecule has 106 valence electrons. The zero-order valence-electron chi connectivity index (χ0n) is 11.2. The fourth-order valence-corrected chi connectivity index (χ4v) is 1.62. The minimum atomic E-state index is -0.875. The SMILES string of the molecule is CCOC(=O)c1cnc(NOC(=O)OC(C)(C)C)s1. The van der Waals surface area contributed by atoms with E-state index in [0.29, 0.717) is 4.88 Å². The van der Waals surface area contributed by atoms with Crippen LogP contribution in [-0.2, 0) is 14.3 Å². The maximum absolute atomic E-state index is 11.4. The Labute approximate surface area is 114 Å². The first-order chi connectivity index (χ1) is 8.81. The van der Waals surface area contributed by atoms with Crippen LogP contribution in [0.25, 0.3) is 0 Å². The molecule has 0 aromatic carbocycles. The van der Waals surface area contributed by atoms with Crippen molar-refractivity contribution in [2.45, 2.75) is 33.3 Å². The van der Waals surface area contributed by atoms with Crippen LogP contribution in [0.1, 0.15) is 37.4 Å². The minimum Gasteiger partial charge on any atom is -0.462 e. The van der Waals surface area contributed by atoms with E-state index in [-0.39, 0.29) is 11.7 Å². The summed E-state index contributed by atoms with van der Waals surface area (Å²) >= 11 is 1.01. The second kappa shape index (κ2) is 6.37. The van der Waals surface area contributed by atoms with Gasteiger partial charge in [0.25, 0.3) is 0 Å². The molecule has 0 atom stereocenters. The molecule has 1 aromatic heterocycles. The van der Waals surface area contributed by atoms with Gasteiger partial charge in [-0.05, 0) is 27.7 Å². The van der Waals surface area contributed by atoms with Crippen LogP contribution in [0, 0.1) is 0 Å². The molecule has 0 spiro atoms. The summed E-state index contributed by atoms with van der Waals surface area (Å²) in [6, 6.07) is 0. The van der Waals surface area contributed by atoms with Gasteiger partial charge in [0.2, 0.25) is 5.13 Å². The van der Waals surface area contributed by atoms with Crippen molar-refractivity contribution in [1.29, 1.82) is 0 Å². The summed E-state index contributed by atoms with van der Waals surface area (Å²) in [6.45, 7) is 7.15. The third-order valence-corrected chi connectivity index (χ3v) is 2.47. The Hall–Kier alpha value is -1.83. The second-order valence-corrected chi connectivity index (χ2v) is 5.45. The predicted molar refractivity (Wildman–Crippen MR) is 69.0 cm³/mol. The first kappa shape index (κ1) is 15.2. The molecule has 1 heterocycles. The largest absolute Gasteiger partial charge is 0.533 e. The fourth-order valence-electron chi connectivity index (χ4n) is 0.974. The summed E-state index contributed by atoms with van der Waals surface area (Å²) in [5.74, 6) is -0.467. The average molecular weight is 288 g/mol. The van der Waals surface area contributed by atoms with Gasteiger partial charge in [-0.1, -0.05) is 11.3 Å². The summed E-state index contributed by atoms with van der Waals surface area (Å²) in [5, 5.41) is 0.258. The molecule has 0 bridgehead atoms. The molecule has 0 radical (unpaired) electrons. The lowest BCUT2D eigenvalue weighted by Gasteiger charge is -2.18. The summed E-state index contributed by atoms with van der Waals surface area (Å²) in [7, 11) is 0. The molecule has 0 saturated heterocycles. The molecule has 8 heteroatoms. The maximum atomic E-state index is 11.4. The Kier molecular flexibility index (Phi) is 5.11. The van der Waals surface area contributed by atoms with Crippen molar-refractivity contribution >= 4 is 28.6 Å². The van der Waals surface area contributed by atoms with E-state index in [9.17, 15) is 9.59 Å². The van der Waals surface area contributed by atoms with Gasteiger partial charge in [0.1, 0.15) is 10.5 Å². The van der Waals surface area contributed by atoms with Gasteiger partial charge in [-0.25, -0.2) is 14.6 Å². The number of rotatable bonds is 4. The van der Waals surface area contributed by atoms with E-state index in [1.807, 2.05) is 0 Å². The van der Waals surface area contributed by atoms with Crippen molar-refractivity contribution in [3.05, 3.63) is 11.1 Å². The number of nitrogens with zero attached hydrogens (tertiary/aromatic N) is 1. The molecular weight excluding hydrogens is 272 g/mol. The monoisotopic (exact) mass is 288 g/mol. The van der Waals surface area contributed by atoms with E-state index in [1.165, 1.54) is 6.20 Å². The number of thiazole rings is 1. The van der Waals surface area contributed by atoms with Crippen LogP contribution >= 0.6 is 11.3 Å². The molecular formula is C11H16N2O5S. The van der Waals surface area contributed by atoms with Crippen LogP contribution in [0.3, 0.4) is 0 Å². The summed E-state index contributed by atoms with van der Waals surface area (Å²) < 4.78 is 9.72. The standard InChI is InChI=1S/C11H16N2O5S/c1-5-16-8(14)7-6-12-9(19-7)13-18-10(15)17-11(2,3)4/h6H,5H2,1-4H3,(H,12,13). The highest BCUT2D eigenvalue weighted by molar-refractivity contribution is 7.17. The molecule has 0 unspecified atom stereocenters. The van der Waals surface area contributed by atoms with Gasteiger partial charge in [0.15, 0.2) is 0 Å². The number of carbonyl (C=O) groups is 2. The van der Waals surface area contributed by atoms with E-state index in [1.54, 1.807) is 27.7 Å². The van der Waals surface area contributed by atoms with Crippen molar-refractivity contribution < 1.29 is 23.9 Å². The Balaban J connectivity index is 2.46. The third-order valence-electron chi connectivity index (χ3n) is 1.59. The van der Waals surface area contributed by atoms with Gasteiger partial charge in [0, 0.05) is 0 Å². The van der Waals surface area contributed by atoms with Crippen LogP contribution in [0.2, 0.25) is 0 Å². The lowest BCUT2D eigenvalue weighted by atomic mass is 10.2. The Bertz CT molecular complexity index is 452. The first-order valence-electron chi connectivity index (χ1n) is 5.60. The Morgan fingerprint density at radius 1 is 1.42 bits per heavy atom. The summed E-state index contributed by atoms with van der Waals surface area (Å²) in [5.41, 5.74) is 1.67. The van der Waals surface area contributed by atoms with E-state index in [0.717, 1.165) is 11.3 Å². The molecule has 0 aliphatic carbocycles. The van der Waals surface area contributed by atoms with E-state index in [2.05, 4.69) is 15.3 Å². The Morgan fingerprint density at radius 2 is 2.11 bits per heavy atom. The molecule has 19 heavy (non-hydrogen) atoms. The highest BCUT2D eigenvalue weighted by Crippen LogP contribution is 2.19. The van der Waals surface area contributed by atoms with Gasteiger partial charge in [-0.3, -0.25) is 0 Å². The summed E-state index contributed by atoms with van der Waals surface area (Å²) in [6.07, 6.45) is 0.462. The highest BCUT2D eigenvalue weighted by Gasteiger charge is 2.18. The molecule has 1 N–H and O–H groups in total. The van der Waals surface area contributed by atoms with Crippen LogP contribution in [0.4, 0.5) is 9.93 Å². The molecule has 0 amide bonds. The third kappa shape index (κ3) is 5.56. The van der Waals surface area contributed by atoms with E-state index in [4.69, 9.17) is 9.47 Å². The number of aromatic nitrogens is 1. The van der Waals surface area contributed by atoms with Gasteiger partial charge in [-0.2, -0.15) is 5.48 Å². The number of nitrogens with one attached hydrogen (secondary N) is 1. The van der Waals surface area contributed by atoms with Gasteiger partial charge in [0.05, 0.1) is 12.8 Å². The number of hydrogen-bond acceptors (Lipinski definition) is 8. The van der Waals surface area contributed by atoms with Crippen molar-refractivity contribution in [3.63, 3.8) is 0 Å². The minimum absolute atomic E-state index is 0.258. The van der Waals surface area contributed by atoms with Crippen LogP contribution in [0.15, 0.2) is 6.20 Å². The normalized spacial score (nSPS) is 10.7. The number of carbonyl (C=O) groups excluding carboxylic acids is 2. The second-order valence-electron chi connectivity index (χ2n) is 4.42. The molecule has 7 nitrogen and oxygen atoms in total. The zero-order valence-corrected chi connectivity index (χ0v) is 12.0. The lowest BCUT2D eigenvalue weighted by Crippen LogP contribution is -2.25. The number of hydrogen-bond donors (Lipinski definition) is 1. The van der Waals surface area contributed by atoms with Crippen molar-refractivity contribution in [2.24, 2.45) is 0 Å². The topological polar surface area (TPSA) is 86.8 Å². The van der Waals surface area contributed by atoms with Gasteiger partial charge >= 0.3 is 12.1 Å². The first-order valence-corrected chi connectivity index (χ1v) is 6.42. The molecule has 1 rings (SSSR count). The smallest absolute Gasteiger partial charge is 0.462 e. The van der Waals surface area contributed by atoms with Crippen LogP contribution < -0.4 is 5.48 Å². The van der Waals surface area contributed by atoms with Crippen LogP contribution in [-0.4, -0.2) is 29.3 Å². The molecule has 0 fully saturated rings. The molecule has 1 aromatic rings. The molecule has 0 aliphatic heterocycles. The predicted octanol–water partition coefficient (Wildman–Crippen LogP) is 2.60. The van der Waals surface area contributed by atoms with Gasteiger partial charge < -0.3 is 14.3 Å². The lowest BCUT2D eigenvalue weighted by molar-refractivity contribution is 0.00296. The van der Waals surface area contributed by atoms with E-state index >= 15 is 0 Å². The fraction of sp³-hybridized carbons (Fsp3) is 0.545. The quantitative estimate of drug-likeness (QED) is 0.673. The van der Waals surface area contributed by atoms with Crippen molar-refractivity contribution in [1.82, 2.24) is 4.98 Å². The maximum Gasteiger partial charge on any atom is 0.533 e. The molecule has 0 saturated carbocycles. The van der Waals surface area contributed by atoms with Crippen LogP contribution in [0.5, 0.6) is 0 Å². The van der Waals surface area contributed by atoms with Crippen molar-refractivity contribution in [2.75, 3.05) is 12.1 Å². The molecule has 0 aliphatic rings. The number of anilines is 1. The summed E-state index contributed by atoms with van der Waals surface area (Å²) in [4.78, 5) is 31.4. The zero-order chi connectivity index (χ0) is 14.5. The Morgan fingerprint density at radius 3 is 2.68 bits per heavy atom. The van der Waals surface area contributed by atoms with Crippen molar-refractivity contribution in [3.8, 4) is 0 Å².